The summed E-state index contributed by atoms with van der Waals surface area (Å²) in [5.74, 6) is -0.273. The molecule has 1 aliphatic rings. The number of carbonyl (C=O) groups excluding carboxylic acids is 1. The Labute approximate surface area is 162 Å². The van der Waals surface area contributed by atoms with Gasteiger partial charge in [-0.1, -0.05) is 19.9 Å². The Bertz CT molecular complexity index is 713. The molecule has 0 radical (unpaired) electrons. The largest absolute Gasteiger partial charge is 0.377 e. The highest BCUT2D eigenvalue weighted by molar-refractivity contribution is 7.89. The van der Waals surface area contributed by atoms with Gasteiger partial charge in [-0.2, -0.15) is 0 Å². The van der Waals surface area contributed by atoms with Gasteiger partial charge in [-0.25, -0.2) is 13.1 Å². The molecule has 1 heterocycles. The second-order valence-electron chi connectivity index (χ2n) is 6.80. The molecule has 0 aliphatic carbocycles. The van der Waals surface area contributed by atoms with Crippen molar-refractivity contribution in [2.75, 3.05) is 32.8 Å². The summed E-state index contributed by atoms with van der Waals surface area (Å²) in [4.78, 5) is 14.8. The molecule has 1 saturated heterocycles. The summed E-state index contributed by atoms with van der Waals surface area (Å²) in [6, 6.07) is 6.33. The van der Waals surface area contributed by atoms with E-state index in [1.54, 1.807) is 12.1 Å². The molecule has 1 aromatic rings. The zero-order valence-corrected chi connectivity index (χ0v) is 17.2. The lowest BCUT2D eigenvalue weighted by Gasteiger charge is -2.26. The van der Waals surface area contributed by atoms with Gasteiger partial charge in [0.1, 0.15) is 0 Å². The van der Waals surface area contributed by atoms with Crippen LogP contribution in [0.3, 0.4) is 0 Å². The first kappa shape index (κ1) is 21.8. The van der Waals surface area contributed by atoms with Crippen LogP contribution >= 0.6 is 0 Å². The molecule has 1 amide bonds. The fraction of sp³-hybridized carbons (Fsp3) is 0.632. The number of benzene rings is 1. The second kappa shape index (κ2) is 10.2. The molecule has 2 N–H and O–H groups in total. The van der Waals surface area contributed by atoms with Crippen LogP contribution in [0.25, 0.3) is 0 Å². The van der Waals surface area contributed by atoms with Crippen LogP contribution in [0.5, 0.6) is 0 Å². The van der Waals surface area contributed by atoms with Crippen LogP contribution < -0.4 is 10.0 Å². The summed E-state index contributed by atoms with van der Waals surface area (Å²) in [5.41, 5.74) is 0.335. The first-order chi connectivity index (χ1) is 12.9. The number of carbonyl (C=O) groups is 1. The third kappa shape index (κ3) is 6.27. The molecule has 27 heavy (non-hydrogen) atoms. The maximum Gasteiger partial charge on any atom is 0.251 e. The molecule has 1 fully saturated rings. The summed E-state index contributed by atoms with van der Waals surface area (Å²) < 4.78 is 33.0. The molecular formula is C19H31N3O4S. The number of nitrogens with one attached hydrogen (secondary N) is 2. The molecule has 152 valence electrons. The smallest absolute Gasteiger partial charge is 0.251 e. The van der Waals surface area contributed by atoms with Gasteiger partial charge in [0, 0.05) is 31.3 Å². The van der Waals surface area contributed by atoms with E-state index in [9.17, 15) is 13.2 Å². The van der Waals surface area contributed by atoms with Crippen LogP contribution in [0, 0.1) is 0 Å². The van der Waals surface area contributed by atoms with Crippen molar-refractivity contribution >= 4 is 15.9 Å². The van der Waals surface area contributed by atoms with Crippen molar-refractivity contribution in [3.05, 3.63) is 29.8 Å². The van der Waals surface area contributed by atoms with Crippen LogP contribution in [-0.2, 0) is 14.8 Å². The van der Waals surface area contributed by atoms with E-state index in [0.717, 1.165) is 25.9 Å². The van der Waals surface area contributed by atoms with Crippen LogP contribution in [-0.4, -0.2) is 64.2 Å². The normalized spacial score (nSPS) is 18.6. The van der Waals surface area contributed by atoms with Gasteiger partial charge in [-0.05, 0) is 51.1 Å². The number of hydrogen-bond acceptors (Lipinski definition) is 5. The van der Waals surface area contributed by atoms with E-state index in [1.807, 2.05) is 0 Å². The number of rotatable bonds is 10. The maximum atomic E-state index is 12.5. The fourth-order valence-corrected chi connectivity index (χ4v) is 4.33. The summed E-state index contributed by atoms with van der Waals surface area (Å²) in [5, 5.41) is 2.89. The van der Waals surface area contributed by atoms with Crippen molar-refractivity contribution in [3.63, 3.8) is 0 Å². The van der Waals surface area contributed by atoms with Crippen molar-refractivity contribution in [2.24, 2.45) is 0 Å². The molecule has 7 nitrogen and oxygen atoms in total. The number of amides is 1. The van der Waals surface area contributed by atoms with Crippen molar-refractivity contribution in [3.8, 4) is 0 Å². The third-order valence-electron chi connectivity index (χ3n) is 4.93. The first-order valence-electron chi connectivity index (χ1n) is 9.61. The average molecular weight is 398 g/mol. The Morgan fingerprint density at radius 2 is 2.07 bits per heavy atom. The maximum absolute atomic E-state index is 12.5. The van der Waals surface area contributed by atoms with E-state index >= 15 is 0 Å². The monoisotopic (exact) mass is 397 g/mol. The quantitative estimate of drug-likeness (QED) is 0.626. The lowest BCUT2D eigenvalue weighted by atomic mass is 10.2. The Morgan fingerprint density at radius 1 is 1.33 bits per heavy atom. The predicted molar refractivity (Wildman–Crippen MR) is 105 cm³/mol. The number of likely N-dealkylation sites (N-methyl/N-ethyl adjacent to an activating group) is 1. The second-order valence-corrected chi connectivity index (χ2v) is 8.56. The van der Waals surface area contributed by atoms with E-state index in [0.29, 0.717) is 18.7 Å². The minimum absolute atomic E-state index is 0.0761. The number of sulfonamides is 1. The molecule has 2 rings (SSSR count). The van der Waals surface area contributed by atoms with Crippen LogP contribution in [0.15, 0.2) is 29.2 Å². The highest BCUT2D eigenvalue weighted by Crippen LogP contribution is 2.14. The third-order valence-corrected chi connectivity index (χ3v) is 6.35. The van der Waals surface area contributed by atoms with Crippen LogP contribution in [0.2, 0.25) is 0 Å². The number of nitrogens with zero attached hydrogens (tertiary/aromatic N) is 1. The van der Waals surface area contributed by atoms with Crippen LogP contribution in [0.4, 0.5) is 0 Å². The standard InChI is InChI=1S/C19H31N3O4S/c1-4-22(5-2)15(3)13-20-19(23)16-8-6-10-18(12-16)27(24,25)21-14-17-9-7-11-26-17/h6,8,10,12,15,17,21H,4-5,7,9,11,13-14H2,1-3H3,(H,20,23). The topological polar surface area (TPSA) is 87.7 Å². The molecule has 0 spiro atoms. The fourth-order valence-electron chi connectivity index (χ4n) is 3.21. The van der Waals surface area contributed by atoms with E-state index in [4.69, 9.17) is 4.74 Å². The van der Waals surface area contributed by atoms with Gasteiger partial charge in [0.15, 0.2) is 0 Å². The summed E-state index contributed by atoms with van der Waals surface area (Å²) in [6.07, 6.45) is 1.73. The van der Waals surface area contributed by atoms with Gasteiger partial charge in [0.05, 0.1) is 11.0 Å². The molecule has 2 atom stereocenters. The zero-order chi connectivity index (χ0) is 19.9. The SMILES string of the molecule is CCN(CC)C(C)CNC(=O)c1cccc(S(=O)(=O)NCC2CCCO2)c1. The van der Waals surface area contributed by atoms with Crippen LogP contribution in [0.1, 0.15) is 44.0 Å². The lowest BCUT2D eigenvalue weighted by molar-refractivity contribution is 0.0937. The molecule has 0 aromatic heterocycles. The summed E-state index contributed by atoms with van der Waals surface area (Å²) in [7, 11) is -3.67. The van der Waals surface area contributed by atoms with E-state index in [-0.39, 0.29) is 29.5 Å². The van der Waals surface area contributed by atoms with Gasteiger partial charge in [0.25, 0.3) is 5.91 Å². The predicted octanol–water partition coefficient (Wildman–Crippen LogP) is 1.60. The molecular weight excluding hydrogens is 366 g/mol. The van der Waals surface area contributed by atoms with E-state index in [2.05, 4.69) is 35.7 Å². The van der Waals surface area contributed by atoms with Gasteiger partial charge < -0.3 is 10.1 Å². The van der Waals surface area contributed by atoms with Gasteiger partial charge in [0.2, 0.25) is 10.0 Å². The Morgan fingerprint density at radius 3 is 2.70 bits per heavy atom. The molecule has 8 heteroatoms. The lowest BCUT2D eigenvalue weighted by Crippen LogP contribution is -2.42. The molecule has 0 bridgehead atoms. The van der Waals surface area contributed by atoms with Crippen molar-refractivity contribution < 1.29 is 17.9 Å². The Kier molecular flexibility index (Phi) is 8.22. The zero-order valence-electron chi connectivity index (χ0n) is 16.4. The minimum Gasteiger partial charge on any atom is -0.377 e. The molecule has 2 unspecified atom stereocenters. The summed E-state index contributed by atoms with van der Waals surface area (Å²) >= 11 is 0. The van der Waals surface area contributed by atoms with Crippen molar-refractivity contribution in [2.45, 2.75) is 50.7 Å². The van der Waals surface area contributed by atoms with Crippen molar-refractivity contribution in [1.82, 2.24) is 14.9 Å². The molecule has 1 aromatic carbocycles. The molecule has 0 saturated carbocycles. The minimum atomic E-state index is -3.67. The highest BCUT2D eigenvalue weighted by Gasteiger charge is 2.21. The number of ether oxygens (including phenoxy) is 1. The first-order valence-corrected chi connectivity index (χ1v) is 11.1. The van der Waals surface area contributed by atoms with Crippen molar-refractivity contribution in [1.29, 1.82) is 0 Å². The van der Waals surface area contributed by atoms with E-state index in [1.165, 1.54) is 12.1 Å². The van der Waals surface area contributed by atoms with Gasteiger partial charge in [-0.3, -0.25) is 9.69 Å². The summed E-state index contributed by atoms with van der Waals surface area (Å²) in [6.45, 7) is 9.49. The molecule has 1 aliphatic heterocycles. The van der Waals surface area contributed by atoms with Gasteiger partial charge >= 0.3 is 0 Å². The highest BCUT2D eigenvalue weighted by atomic mass is 32.2. The number of hydrogen-bond donors (Lipinski definition) is 2. The van der Waals surface area contributed by atoms with E-state index < -0.39 is 10.0 Å². The average Bonchev–Trinajstić information content (AvgIpc) is 3.19. The Balaban J connectivity index is 1.97. The van der Waals surface area contributed by atoms with Gasteiger partial charge in [-0.15, -0.1) is 0 Å². The Hall–Kier alpha value is -1.48.